The van der Waals surface area contributed by atoms with Crippen LogP contribution in [0.25, 0.3) is 0 Å². The van der Waals surface area contributed by atoms with Gasteiger partial charge in [-0.15, -0.1) is 0 Å². The third-order valence-electron chi connectivity index (χ3n) is 4.46. The second-order valence-corrected chi connectivity index (χ2v) is 7.08. The predicted molar refractivity (Wildman–Crippen MR) is 94.8 cm³/mol. The minimum atomic E-state index is 0.00644. The molecule has 0 aliphatic carbocycles. The minimum absolute atomic E-state index is 0.00644. The van der Waals surface area contributed by atoms with Crippen LogP contribution in [0.3, 0.4) is 0 Å². The number of hydrogen-bond acceptors (Lipinski definition) is 3. The maximum Gasteiger partial charge on any atom is 0.252 e. The monoisotopic (exact) mass is 336 g/mol. The lowest BCUT2D eigenvalue weighted by Crippen LogP contribution is -2.46. The topological polar surface area (TPSA) is 49.4 Å². The van der Waals surface area contributed by atoms with Crippen molar-refractivity contribution in [1.82, 2.24) is 10.2 Å². The quantitative estimate of drug-likeness (QED) is 0.734. The fourth-order valence-corrected chi connectivity index (χ4v) is 3.61. The van der Waals surface area contributed by atoms with Gasteiger partial charge in [-0.1, -0.05) is 32.6 Å². The molecule has 0 radical (unpaired) electrons. The average Bonchev–Trinajstić information content (AvgIpc) is 3.10. The molecule has 5 heteroatoms. The maximum absolute atomic E-state index is 12.2. The van der Waals surface area contributed by atoms with Gasteiger partial charge in [-0.05, 0) is 30.7 Å². The number of hydrogen-bond donors (Lipinski definition) is 1. The Morgan fingerprint density at radius 1 is 1.22 bits per heavy atom. The van der Waals surface area contributed by atoms with Crippen LogP contribution in [0.4, 0.5) is 0 Å². The van der Waals surface area contributed by atoms with Gasteiger partial charge in [-0.2, -0.15) is 11.3 Å². The summed E-state index contributed by atoms with van der Waals surface area (Å²) >= 11 is 1.53. The molecule has 1 fully saturated rings. The number of nitrogens with one attached hydrogen (secondary N) is 1. The summed E-state index contributed by atoms with van der Waals surface area (Å²) < 4.78 is 0. The van der Waals surface area contributed by atoms with E-state index in [0.717, 1.165) is 44.3 Å². The second kappa shape index (κ2) is 9.71. The van der Waals surface area contributed by atoms with E-state index in [9.17, 15) is 9.59 Å². The normalized spacial score (nSPS) is 15.6. The van der Waals surface area contributed by atoms with Crippen LogP contribution in [0.5, 0.6) is 0 Å². The van der Waals surface area contributed by atoms with Crippen LogP contribution < -0.4 is 5.32 Å². The minimum Gasteiger partial charge on any atom is -0.349 e. The Morgan fingerprint density at radius 3 is 2.61 bits per heavy atom. The smallest absolute Gasteiger partial charge is 0.252 e. The molecule has 0 atom stereocenters. The Balaban J connectivity index is 1.63. The van der Waals surface area contributed by atoms with Crippen LogP contribution in [0, 0.1) is 0 Å². The fourth-order valence-electron chi connectivity index (χ4n) is 2.97. The number of rotatable bonds is 8. The molecule has 0 saturated carbocycles. The fraction of sp³-hybridized carbons (Fsp3) is 0.667. The van der Waals surface area contributed by atoms with E-state index in [1.54, 1.807) is 0 Å². The van der Waals surface area contributed by atoms with Gasteiger partial charge in [-0.25, -0.2) is 0 Å². The lowest BCUT2D eigenvalue weighted by molar-refractivity contribution is -0.132. The Hall–Kier alpha value is -1.36. The summed E-state index contributed by atoms with van der Waals surface area (Å²) in [5, 5.41) is 6.86. The van der Waals surface area contributed by atoms with Crippen LogP contribution in [0.2, 0.25) is 0 Å². The highest BCUT2D eigenvalue weighted by molar-refractivity contribution is 7.08. The molecule has 0 unspecified atom stereocenters. The van der Waals surface area contributed by atoms with Crippen LogP contribution in [-0.4, -0.2) is 35.8 Å². The molecular weight excluding hydrogens is 308 g/mol. The number of nitrogens with zero attached hydrogens (tertiary/aromatic N) is 1. The third kappa shape index (κ3) is 5.98. The zero-order chi connectivity index (χ0) is 16.5. The molecule has 1 saturated heterocycles. The molecule has 1 aromatic heterocycles. The van der Waals surface area contributed by atoms with Crippen molar-refractivity contribution >= 4 is 23.2 Å². The second-order valence-electron chi connectivity index (χ2n) is 6.30. The van der Waals surface area contributed by atoms with Gasteiger partial charge in [0.1, 0.15) is 0 Å². The molecule has 1 aliphatic rings. The maximum atomic E-state index is 12.2. The molecule has 1 aromatic rings. The van der Waals surface area contributed by atoms with Crippen molar-refractivity contribution in [2.75, 3.05) is 13.1 Å². The van der Waals surface area contributed by atoms with E-state index in [-0.39, 0.29) is 17.9 Å². The number of carbonyl (C=O) groups excluding carboxylic acids is 2. The van der Waals surface area contributed by atoms with Crippen LogP contribution in [-0.2, 0) is 4.79 Å². The van der Waals surface area contributed by atoms with Gasteiger partial charge < -0.3 is 10.2 Å². The number of carbonyl (C=O) groups is 2. The molecule has 0 aromatic carbocycles. The lowest BCUT2D eigenvalue weighted by Gasteiger charge is -2.32. The summed E-state index contributed by atoms with van der Waals surface area (Å²) in [6, 6.07) is 2.04. The van der Waals surface area contributed by atoms with E-state index >= 15 is 0 Å². The molecule has 128 valence electrons. The van der Waals surface area contributed by atoms with E-state index in [2.05, 4.69) is 12.2 Å². The van der Waals surface area contributed by atoms with Crippen LogP contribution >= 0.6 is 11.3 Å². The highest BCUT2D eigenvalue weighted by atomic mass is 32.1. The molecule has 0 bridgehead atoms. The molecular formula is C18H28N2O2S. The molecule has 4 nitrogen and oxygen atoms in total. The van der Waals surface area contributed by atoms with Crippen molar-refractivity contribution < 1.29 is 9.59 Å². The first-order valence-electron chi connectivity index (χ1n) is 8.81. The van der Waals surface area contributed by atoms with Gasteiger partial charge >= 0.3 is 0 Å². The standard InChI is InChI=1S/C18H28N2O2S/c1-2-3-4-5-6-7-17(21)20-11-8-16(9-12-20)19-18(22)15-10-13-23-14-15/h10,13-14,16H,2-9,11-12H2,1H3,(H,19,22). The van der Waals surface area contributed by atoms with Gasteiger partial charge in [0.2, 0.25) is 5.91 Å². The van der Waals surface area contributed by atoms with Crippen molar-refractivity contribution in [3.8, 4) is 0 Å². The molecule has 2 rings (SSSR count). The summed E-state index contributed by atoms with van der Waals surface area (Å²) in [4.78, 5) is 26.2. The first-order chi connectivity index (χ1) is 11.2. The Kier molecular flexibility index (Phi) is 7.59. The van der Waals surface area contributed by atoms with Crippen molar-refractivity contribution in [2.45, 2.75) is 64.3 Å². The van der Waals surface area contributed by atoms with Crippen molar-refractivity contribution in [2.24, 2.45) is 0 Å². The van der Waals surface area contributed by atoms with E-state index in [0.29, 0.717) is 6.42 Å². The molecule has 2 heterocycles. The number of likely N-dealkylation sites (tertiary alicyclic amines) is 1. The zero-order valence-corrected chi connectivity index (χ0v) is 14.9. The van der Waals surface area contributed by atoms with Crippen LogP contribution in [0.15, 0.2) is 16.8 Å². The largest absolute Gasteiger partial charge is 0.349 e. The first-order valence-corrected chi connectivity index (χ1v) is 9.76. The summed E-state index contributed by atoms with van der Waals surface area (Å²) in [6.07, 6.45) is 8.30. The molecule has 0 spiro atoms. The van der Waals surface area contributed by atoms with Gasteiger partial charge in [0.25, 0.3) is 5.91 Å². The highest BCUT2D eigenvalue weighted by Crippen LogP contribution is 2.15. The van der Waals surface area contributed by atoms with E-state index in [4.69, 9.17) is 0 Å². The highest BCUT2D eigenvalue weighted by Gasteiger charge is 2.23. The van der Waals surface area contributed by atoms with Gasteiger partial charge in [0, 0.05) is 36.5 Å². The molecule has 23 heavy (non-hydrogen) atoms. The van der Waals surface area contributed by atoms with Crippen molar-refractivity contribution in [3.05, 3.63) is 22.4 Å². The third-order valence-corrected chi connectivity index (χ3v) is 5.14. The molecule has 1 N–H and O–H groups in total. The molecule has 2 amide bonds. The van der Waals surface area contributed by atoms with Crippen LogP contribution in [0.1, 0.15) is 68.6 Å². The zero-order valence-electron chi connectivity index (χ0n) is 14.1. The SMILES string of the molecule is CCCCCCCC(=O)N1CCC(NC(=O)c2ccsc2)CC1. The lowest BCUT2D eigenvalue weighted by atomic mass is 10.0. The summed E-state index contributed by atoms with van der Waals surface area (Å²) in [7, 11) is 0. The predicted octanol–water partition coefficient (Wildman–Crippen LogP) is 3.83. The first kappa shape index (κ1) is 18.0. The van der Waals surface area contributed by atoms with Crippen molar-refractivity contribution in [1.29, 1.82) is 0 Å². The van der Waals surface area contributed by atoms with E-state index < -0.39 is 0 Å². The summed E-state index contributed by atoms with van der Waals surface area (Å²) in [5.74, 6) is 0.288. The Labute approximate surface area is 143 Å². The van der Waals surface area contributed by atoms with E-state index in [1.165, 1.54) is 30.6 Å². The number of piperidine rings is 1. The average molecular weight is 337 g/mol. The number of amides is 2. The summed E-state index contributed by atoms with van der Waals surface area (Å²) in [5.41, 5.74) is 0.737. The summed E-state index contributed by atoms with van der Waals surface area (Å²) in [6.45, 7) is 3.73. The van der Waals surface area contributed by atoms with Gasteiger partial charge in [-0.3, -0.25) is 9.59 Å². The van der Waals surface area contributed by atoms with Crippen molar-refractivity contribution in [3.63, 3.8) is 0 Å². The van der Waals surface area contributed by atoms with E-state index in [1.807, 2.05) is 21.7 Å². The van der Waals surface area contributed by atoms with Gasteiger partial charge in [0.05, 0.1) is 0 Å². The Morgan fingerprint density at radius 2 is 1.96 bits per heavy atom. The van der Waals surface area contributed by atoms with Gasteiger partial charge in [0.15, 0.2) is 0 Å². The Bertz CT molecular complexity index is 479. The number of thiophene rings is 1. The number of unbranched alkanes of at least 4 members (excludes halogenated alkanes) is 4. The molecule has 1 aliphatic heterocycles.